The van der Waals surface area contributed by atoms with Crippen molar-refractivity contribution >= 4 is 23.6 Å². The van der Waals surface area contributed by atoms with Crippen molar-refractivity contribution in [3.05, 3.63) is 42.9 Å². The summed E-state index contributed by atoms with van der Waals surface area (Å²) in [6.45, 7) is 17.3. The average Bonchev–Trinajstić information content (AvgIpc) is 3.78. The molecule has 3 aliphatic heterocycles. The number of aliphatic hydroxyl groups excluding tert-OH is 1. The third-order valence-electron chi connectivity index (χ3n) is 12.9. The van der Waals surface area contributed by atoms with Gasteiger partial charge in [-0.05, 0) is 59.8 Å². The second kappa shape index (κ2) is 19.1. The number of cyclic esters (lactones) is 1. The van der Waals surface area contributed by atoms with Gasteiger partial charge in [0.15, 0.2) is 17.7 Å². The Balaban J connectivity index is 1.45. The standard InChI is InChI=1S/C45H67FN4O10/c1-12-34-45(10)37(50(42(55)60-45)21-17-16-20-49-24-33(47-25-49)31-18-14-13-15-19-31)29(6)35(51)27(4)23-43(8,56-11)39(30(7)38(53)44(9,46)41(54)58-34)59-40-36(52)32(48-26(2)3)22-28(5)57-40/h13-15,18-19,24-30,32,34,36-37,39-40,48,52H,12,16-17,20-23H2,1-11H3/t27-,28-,29+,30-,32+,34-,36+,37?,39-,40+,43-,44+,45-/m1/s1. The number of fused-ring (bicyclic) bond motifs is 1. The summed E-state index contributed by atoms with van der Waals surface area (Å²) in [5.74, 6) is -5.77. The third kappa shape index (κ3) is 9.80. The Hall–Kier alpha value is -3.76. The molecule has 15 heteroatoms. The molecule has 1 unspecified atom stereocenters. The maximum absolute atomic E-state index is 16.9. The highest BCUT2D eigenvalue weighted by Crippen LogP contribution is 2.43. The zero-order valence-corrected chi connectivity index (χ0v) is 37.2. The van der Waals surface area contributed by atoms with Crippen molar-refractivity contribution in [3.8, 4) is 11.3 Å². The molecule has 60 heavy (non-hydrogen) atoms. The van der Waals surface area contributed by atoms with Crippen molar-refractivity contribution in [1.29, 1.82) is 0 Å². The van der Waals surface area contributed by atoms with Gasteiger partial charge in [-0.15, -0.1) is 0 Å². The summed E-state index contributed by atoms with van der Waals surface area (Å²) in [5.41, 5.74) is -4.36. The van der Waals surface area contributed by atoms with Crippen LogP contribution in [-0.4, -0.2) is 123 Å². The second-order valence-electron chi connectivity index (χ2n) is 18.1. The molecule has 0 spiro atoms. The fourth-order valence-electron chi connectivity index (χ4n) is 9.63. The molecule has 5 rings (SSSR count). The van der Waals surface area contributed by atoms with Gasteiger partial charge >= 0.3 is 12.1 Å². The Morgan fingerprint density at radius 1 is 1.02 bits per heavy atom. The highest BCUT2D eigenvalue weighted by molar-refractivity contribution is 6.08. The third-order valence-corrected chi connectivity index (χ3v) is 12.9. The number of ether oxygens (including phenoxy) is 5. The number of ketones is 2. The molecular formula is C45H67FN4O10. The van der Waals surface area contributed by atoms with Crippen LogP contribution in [0.2, 0.25) is 0 Å². The maximum atomic E-state index is 16.9. The number of hydrogen-bond donors (Lipinski definition) is 2. The van der Waals surface area contributed by atoms with Crippen LogP contribution in [0.5, 0.6) is 0 Å². The molecule has 3 saturated heterocycles. The molecule has 0 radical (unpaired) electrons. The lowest BCUT2D eigenvalue weighted by atomic mass is 9.73. The molecule has 4 heterocycles. The topological polar surface area (TPSA) is 168 Å². The number of methoxy groups -OCH3 is 1. The number of aryl methyl sites for hydroxylation is 1. The number of nitrogens with one attached hydrogen (secondary N) is 1. The Morgan fingerprint density at radius 3 is 2.32 bits per heavy atom. The van der Waals surface area contributed by atoms with Crippen LogP contribution >= 0.6 is 0 Å². The number of Topliss-reactive ketones (excluding diaryl/α,β-unsaturated/α-hetero) is 2. The normalized spacial score (nSPS) is 37.1. The lowest BCUT2D eigenvalue weighted by Gasteiger charge is -2.47. The van der Waals surface area contributed by atoms with Crippen molar-refractivity contribution < 1.29 is 52.4 Å². The summed E-state index contributed by atoms with van der Waals surface area (Å²) in [6.07, 6.45) is -0.476. The molecule has 3 fully saturated rings. The summed E-state index contributed by atoms with van der Waals surface area (Å²) >= 11 is 0. The van der Waals surface area contributed by atoms with Crippen LogP contribution in [0, 0.1) is 17.8 Å². The summed E-state index contributed by atoms with van der Waals surface area (Å²) in [7, 11) is 1.41. The molecule has 3 aliphatic rings. The molecule has 1 aromatic heterocycles. The first-order chi connectivity index (χ1) is 28.2. The van der Waals surface area contributed by atoms with E-state index in [1.807, 2.05) is 61.9 Å². The monoisotopic (exact) mass is 842 g/mol. The second-order valence-corrected chi connectivity index (χ2v) is 18.1. The summed E-state index contributed by atoms with van der Waals surface area (Å²) < 4.78 is 49.6. The number of halogens is 1. The van der Waals surface area contributed by atoms with Crippen LogP contribution in [0.1, 0.15) is 101 Å². The first kappa shape index (κ1) is 47.3. The lowest BCUT2D eigenvalue weighted by Crippen LogP contribution is -2.62. The first-order valence-corrected chi connectivity index (χ1v) is 21.5. The lowest BCUT2D eigenvalue weighted by molar-refractivity contribution is -0.291. The molecule has 0 saturated carbocycles. The van der Waals surface area contributed by atoms with E-state index in [2.05, 4.69) is 10.3 Å². The fourth-order valence-corrected chi connectivity index (χ4v) is 9.63. The highest BCUT2D eigenvalue weighted by atomic mass is 19.1. The number of alkyl halides is 1. The van der Waals surface area contributed by atoms with E-state index in [1.54, 1.807) is 40.9 Å². The molecule has 0 bridgehead atoms. The highest BCUT2D eigenvalue weighted by Gasteiger charge is 2.61. The van der Waals surface area contributed by atoms with Gasteiger partial charge in [0.2, 0.25) is 0 Å². The van der Waals surface area contributed by atoms with Crippen molar-refractivity contribution in [1.82, 2.24) is 19.8 Å². The van der Waals surface area contributed by atoms with Crippen LogP contribution < -0.4 is 5.32 Å². The molecule has 334 valence electrons. The van der Waals surface area contributed by atoms with E-state index in [4.69, 9.17) is 23.7 Å². The Labute approximate surface area is 354 Å². The van der Waals surface area contributed by atoms with E-state index in [1.165, 1.54) is 18.9 Å². The predicted molar refractivity (Wildman–Crippen MR) is 221 cm³/mol. The zero-order valence-electron chi connectivity index (χ0n) is 37.2. The van der Waals surface area contributed by atoms with Gasteiger partial charge in [-0.25, -0.2) is 19.0 Å². The number of amides is 1. The number of rotatable bonds is 12. The molecule has 1 amide bonds. The van der Waals surface area contributed by atoms with Crippen LogP contribution in [0.15, 0.2) is 42.9 Å². The SMILES string of the molecule is CC[C@H]1OC(=O)[C@@](C)(F)C(=O)[C@@H](C)[C@@H](O[C@@H]2O[C@H](C)C[C@H](NC(C)C)[C@@H]2O)[C@](C)(OC)C[C@@H](C)C(=O)[C@H](C)C2N(CCCCn3cnc(-c4ccccc4)c3)C(=O)O[C@@]21C. The van der Waals surface area contributed by atoms with E-state index in [0.717, 1.165) is 18.2 Å². The minimum atomic E-state index is -3.18. The minimum absolute atomic E-state index is 0.000231. The van der Waals surface area contributed by atoms with Crippen molar-refractivity contribution in [3.63, 3.8) is 0 Å². The molecule has 2 aromatic rings. The summed E-state index contributed by atoms with van der Waals surface area (Å²) in [4.78, 5) is 62.9. The van der Waals surface area contributed by atoms with E-state index in [0.29, 0.717) is 25.8 Å². The van der Waals surface area contributed by atoms with Gasteiger partial charge in [0.1, 0.15) is 18.0 Å². The van der Waals surface area contributed by atoms with Crippen LogP contribution in [0.25, 0.3) is 11.3 Å². The van der Waals surface area contributed by atoms with Gasteiger partial charge in [0, 0.05) is 61.8 Å². The summed E-state index contributed by atoms with van der Waals surface area (Å²) in [6, 6.07) is 8.54. The van der Waals surface area contributed by atoms with Gasteiger partial charge in [0.25, 0.3) is 5.67 Å². The van der Waals surface area contributed by atoms with E-state index >= 15 is 4.39 Å². The summed E-state index contributed by atoms with van der Waals surface area (Å²) in [5, 5.41) is 14.8. The minimum Gasteiger partial charge on any atom is -0.455 e. The number of carbonyl (C=O) groups is 4. The number of unbranched alkanes of at least 4 members (excludes halogenated alkanes) is 1. The number of aromatic nitrogens is 2. The molecule has 1 aromatic carbocycles. The van der Waals surface area contributed by atoms with Gasteiger partial charge < -0.3 is 43.6 Å². The van der Waals surface area contributed by atoms with E-state index in [-0.39, 0.29) is 37.3 Å². The molecule has 0 aliphatic carbocycles. The van der Waals surface area contributed by atoms with Crippen molar-refractivity contribution in [2.24, 2.45) is 17.8 Å². The van der Waals surface area contributed by atoms with E-state index < -0.39 is 89.2 Å². The fraction of sp³-hybridized carbons (Fsp3) is 0.711. The smallest absolute Gasteiger partial charge is 0.410 e. The Morgan fingerprint density at radius 2 is 1.68 bits per heavy atom. The number of imidazole rings is 1. The van der Waals surface area contributed by atoms with Crippen LogP contribution in [-0.2, 0) is 44.6 Å². The molecule has 14 nitrogen and oxygen atoms in total. The predicted octanol–water partition coefficient (Wildman–Crippen LogP) is 6.06. The largest absolute Gasteiger partial charge is 0.455 e. The first-order valence-electron chi connectivity index (χ1n) is 21.5. The maximum Gasteiger partial charge on any atom is 0.410 e. The number of benzene rings is 1. The van der Waals surface area contributed by atoms with Crippen molar-refractivity contribution in [2.75, 3.05) is 13.7 Å². The number of hydrogen-bond acceptors (Lipinski definition) is 12. The van der Waals surface area contributed by atoms with Crippen LogP contribution in [0.3, 0.4) is 0 Å². The molecule has 13 atom stereocenters. The van der Waals surface area contributed by atoms with Gasteiger partial charge in [-0.1, -0.05) is 71.9 Å². The molecule has 2 N–H and O–H groups in total. The zero-order chi connectivity index (χ0) is 44.3. The Bertz CT molecular complexity index is 1810. The van der Waals surface area contributed by atoms with Gasteiger partial charge in [-0.3, -0.25) is 9.59 Å². The number of aliphatic hydroxyl groups is 1. The van der Waals surface area contributed by atoms with Crippen molar-refractivity contribution in [2.45, 2.75) is 174 Å². The van der Waals surface area contributed by atoms with Crippen LogP contribution in [0.4, 0.5) is 9.18 Å². The Kier molecular flexibility index (Phi) is 15.1. The van der Waals surface area contributed by atoms with Gasteiger partial charge in [-0.2, -0.15) is 0 Å². The number of nitrogens with zero attached hydrogens (tertiary/aromatic N) is 3. The quantitative estimate of drug-likeness (QED) is 0.144. The van der Waals surface area contributed by atoms with E-state index in [9.17, 15) is 24.3 Å². The average molecular weight is 843 g/mol. The number of esters is 1. The number of carbonyl (C=O) groups excluding carboxylic acids is 4. The van der Waals surface area contributed by atoms with Gasteiger partial charge in [0.05, 0.1) is 35.9 Å². The molecular weight excluding hydrogens is 776 g/mol.